The average Bonchev–Trinajstić information content (AvgIpc) is 3.48. The summed E-state index contributed by atoms with van der Waals surface area (Å²) in [4.78, 5) is 25.0. The second-order valence-electron chi connectivity index (χ2n) is 11.2. The summed E-state index contributed by atoms with van der Waals surface area (Å²) in [6, 6.07) is 4.80. The molecule has 41 heavy (non-hydrogen) atoms. The molecule has 1 aliphatic heterocycles. The number of rotatable bonds is 7. The number of amides is 2. The second kappa shape index (κ2) is 11.2. The van der Waals surface area contributed by atoms with E-state index in [4.69, 9.17) is 16.3 Å². The van der Waals surface area contributed by atoms with Gasteiger partial charge in [-0.25, -0.2) is 21.6 Å². The Balaban J connectivity index is 1.33. The van der Waals surface area contributed by atoms with E-state index in [-0.39, 0.29) is 52.4 Å². The molecule has 1 saturated heterocycles. The second-order valence-corrected chi connectivity index (χ2v) is 13.8. The van der Waals surface area contributed by atoms with Crippen LogP contribution in [0.3, 0.4) is 0 Å². The van der Waals surface area contributed by atoms with Gasteiger partial charge in [-0.2, -0.15) is 0 Å². The van der Waals surface area contributed by atoms with Crippen LogP contribution in [0.5, 0.6) is 0 Å². The van der Waals surface area contributed by atoms with Crippen LogP contribution in [0.1, 0.15) is 49.4 Å². The quantitative estimate of drug-likeness (QED) is 0.401. The van der Waals surface area contributed by atoms with Gasteiger partial charge in [-0.1, -0.05) is 18.5 Å². The third-order valence-electron chi connectivity index (χ3n) is 8.70. The fraction of sp³-hybridized carbons (Fsp3) is 0.500. The van der Waals surface area contributed by atoms with E-state index in [0.29, 0.717) is 31.6 Å². The zero-order valence-corrected chi connectivity index (χ0v) is 23.7. The first kappa shape index (κ1) is 29.8. The van der Waals surface area contributed by atoms with Crippen LogP contribution in [0.4, 0.5) is 18.9 Å². The molecule has 13 heteroatoms. The summed E-state index contributed by atoms with van der Waals surface area (Å²) >= 11 is 6.28. The van der Waals surface area contributed by atoms with Gasteiger partial charge >= 0.3 is 0 Å². The largest absolute Gasteiger partial charge is 0.387 e. The molecule has 8 nitrogen and oxygen atoms in total. The number of anilines is 1. The summed E-state index contributed by atoms with van der Waals surface area (Å²) in [7, 11) is -4.08. The molecule has 3 fully saturated rings. The Hall–Kier alpha value is -2.67. The van der Waals surface area contributed by atoms with E-state index in [1.54, 1.807) is 0 Å². The first-order valence-electron chi connectivity index (χ1n) is 13.4. The summed E-state index contributed by atoms with van der Waals surface area (Å²) in [5.41, 5.74) is -1.77. The number of hydrogen-bond acceptors (Lipinski definition) is 6. The van der Waals surface area contributed by atoms with E-state index >= 15 is 0 Å². The van der Waals surface area contributed by atoms with E-state index in [2.05, 4.69) is 10.6 Å². The number of hydrogen-bond donors (Lipinski definition) is 3. The molecule has 3 N–H and O–H groups in total. The van der Waals surface area contributed by atoms with Crippen molar-refractivity contribution in [3.63, 3.8) is 0 Å². The Labute approximate surface area is 240 Å². The number of ether oxygens (including phenoxy) is 1. The number of nitrogens with one attached hydrogen (secondary N) is 2. The summed E-state index contributed by atoms with van der Waals surface area (Å²) < 4.78 is 73.5. The van der Waals surface area contributed by atoms with Crippen LogP contribution in [0.15, 0.2) is 35.2 Å². The fourth-order valence-electron chi connectivity index (χ4n) is 6.57. The molecule has 1 unspecified atom stereocenters. The number of sulfone groups is 1. The molecule has 2 aromatic carbocycles. The Kier molecular flexibility index (Phi) is 8.14. The molecule has 0 spiro atoms. The van der Waals surface area contributed by atoms with Gasteiger partial charge in [0.2, 0.25) is 5.91 Å². The van der Waals surface area contributed by atoms with Crippen molar-refractivity contribution in [3.8, 4) is 0 Å². The number of carbonyl (C=O) groups is 2. The summed E-state index contributed by atoms with van der Waals surface area (Å²) in [5.74, 6) is -6.62. The van der Waals surface area contributed by atoms with Crippen molar-refractivity contribution in [2.45, 2.75) is 60.9 Å². The molecule has 1 heterocycles. The number of carbonyl (C=O) groups excluding carboxylic acids is 2. The van der Waals surface area contributed by atoms with Crippen LogP contribution < -0.4 is 10.6 Å². The first-order chi connectivity index (χ1) is 19.3. The van der Waals surface area contributed by atoms with Gasteiger partial charge in [0.05, 0.1) is 20.8 Å². The lowest BCUT2D eigenvalue weighted by atomic mass is 9.73. The standard InChI is InChI=1S/C28H30ClF3N2O6S/c1-14-7-16-9-18(12-19(14)28(16,37)13-33-27(36)23-3-2-6-40-23)41(38,39)24-8-15(4-5-20(24)29)26(35)34-17-10-21(30)25(32)22(31)11-17/h4-5,8,10-11,14,16,18-19,23,37H,2-3,6-7,9,12-13H2,1H3,(H,33,36)(H,34,35)/t14-,16?,18+,19+,23-,28+/m0/s1. The van der Waals surface area contributed by atoms with Crippen molar-refractivity contribution < 1.29 is 41.0 Å². The molecule has 2 saturated carbocycles. The highest BCUT2D eigenvalue weighted by Crippen LogP contribution is 2.54. The normalized spacial score (nSPS) is 29.4. The van der Waals surface area contributed by atoms with Gasteiger partial charge < -0.3 is 20.5 Å². The molecular weight excluding hydrogens is 585 g/mol. The zero-order chi connectivity index (χ0) is 29.7. The zero-order valence-electron chi connectivity index (χ0n) is 22.1. The van der Waals surface area contributed by atoms with E-state index in [0.717, 1.165) is 12.5 Å². The molecule has 0 aromatic heterocycles. The first-order valence-corrected chi connectivity index (χ1v) is 15.3. The summed E-state index contributed by atoms with van der Waals surface area (Å²) in [6.07, 6.45) is 1.72. The molecule has 6 atom stereocenters. The van der Waals surface area contributed by atoms with Gasteiger partial charge in [-0.15, -0.1) is 0 Å². The maximum atomic E-state index is 13.8. The number of halogens is 4. The lowest BCUT2D eigenvalue weighted by Crippen LogP contribution is -2.56. The Morgan fingerprint density at radius 1 is 1.12 bits per heavy atom. The van der Waals surface area contributed by atoms with Crippen molar-refractivity contribution in [2.24, 2.45) is 17.8 Å². The van der Waals surface area contributed by atoms with Gasteiger partial charge in [0.1, 0.15) is 6.10 Å². The molecule has 2 bridgehead atoms. The fourth-order valence-corrected chi connectivity index (χ4v) is 8.95. The minimum Gasteiger partial charge on any atom is -0.387 e. The molecular formula is C28H30ClF3N2O6S. The van der Waals surface area contributed by atoms with Crippen LogP contribution in [-0.2, 0) is 19.4 Å². The van der Waals surface area contributed by atoms with Gasteiger partial charge in [-0.05, 0) is 68.1 Å². The van der Waals surface area contributed by atoms with Crippen LogP contribution in [0.2, 0.25) is 5.02 Å². The average molecular weight is 615 g/mol. The highest BCUT2D eigenvalue weighted by atomic mass is 35.5. The highest BCUT2D eigenvalue weighted by Gasteiger charge is 2.58. The predicted molar refractivity (Wildman–Crippen MR) is 144 cm³/mol. The minimum atomic E-state index is -4.08. The smallest absolute Gasteiger partial charge is 0.255 e. The Morgan fingerprint density at radius 3 is 2.46 bits per heavy atom. The van der Waals surface area contributed by atoms with Crippen LogP contribution >= 0.6 is 11.6 Å². The van der Waals surface area contributed by atoms with Crippen molar-refractivity contribution >= 4 is 38.9 Å². The third-order valence-corrected chi connectivity index (χ3v) is 11.4. The molecule has 0 radical (unpaired) electrons. The van der Waals surface area contributed by atoms with Gasteiger partial charge in [0.25, 0.3) is 5.91 Å². The SMILES string of the molecule is C[C@H]1CC2C[C@@H](S(=O)(=O)c3cc(C(=O)Nc4cc(F)c(F)c(F)c4)ccc3Cl)C[C@H]1[C@@]2(O)CNC(=O)[C@@H]1CCCO1. The van der Waals surface area contributed by atoms with E-state index < -0.39 is 62.0 Å². The van der Waals surface area contributed by atoms with Crippen LogP contribution in [0.25, 0.3) is 0 Å². The van der Waals surface area contributed by atoms with Crippen molar-refractivity contribution in [2.75, 3.05) is 18.5 Å². The minimum absolute atomic E-state index is 0.000872. The monoisotopic (exact) mass is 614 g/mol. The van der Waals surface area contributed by atoms with Gasteiger partial charge in [0, 0.05) is 36.5 Å². The highest BCUT2D eigenvalue weighted by molar-refractivity contribution is 7.92. The molecule has 3 aliphatic rings. The van der Waals surface area contributed by atoms with E-state index in [1.165, 1.54) is 12.1 Å². The maximum Gasteiger partial charge on any atom is 0.255 e. The topological polar surface area (TPSA) is 122 Å². The van der Waals surface area contributed by atoms with Crippen molar-refractivity contribution in [1.29, 1.82) is 0 Å². The Morgan fingerprint density at radius 2 is 1.83 bits per heavy atom. The lowest BCUT2D eigenvalue weighted by molar-refractivity contribution is -0.133. The van der Waals surface area contributed by atoms with E-state index in [1.807, 2.05) is 6.92 Å². The Bertz CT molecular complexity index is 1460. The van der Waals surface area contributed by atoms with Crippen LogP contribution in [-0.4, -0.2) is 55.4 Å². The summed E-state index contributed by atoms with van der Waals surface area (Å²) in [6.45, 7) is 2.46. The maximum absolute atomic E-state index is 13.8. The van der Waals surface area contributed by atoms with Gasteiger partial charge in [-0.3, -0.25) is 9.59 Å². The predicted octanol–water partition coefficient (Wildman–Crippen LogP) is 4.24. The molecule has 222 valence electrons. The van der Waals surface area contributed by atoms with Crippen molar-refractivity contribution in [3.05, 3.63) is 58.4 Å². The van der Waals surface area contributed by atoms with Crippen LogP contribution in [0, 0.1) is 35.2 Å². The molecule has 2 amide bonds. The summed E-state index contributed by atoms with van der Waals surface area (Å²) in [5, 5.41) is 15.7. The van der Waals surface area contributed by atoms with Gasteiger partial charge in [0.15, 0.2) is 27.3 Å². The molecule has 5 rings (SSSR count). The number of aliphatic hydroxyl groups is 1. The number of fused-ring (bicyclic) bond motifs is 2. The third kappa shape index (κ3) is 5.59. The molecule has 2 aromatic rings. The van der Waals surface area contributed by atoms with Crippen molar-refractivity contribution in [1.82, 2.24) is 5.32 Å². The molecule has 2 aliphatic carbocycles. The van der Waals surface area contributed by atoms with E-state index in [9.17, 15) is 36.3 Å². The number of benzene rings is 2. The lowest BCUT2D eigenvalue weighted by Gasteiger charge is -2.43.